The highest BCUT2D eigenvalue weighted by atomic mass is 32.2. The Morgan fingerprint density at radius 1 is 0.900 bits per heavy atom. The van der Waals surface area contributed by atoms with Crippen LogP contribution in [0, 0.1) is 17.0 Å². The van der Waals surface area contributed by atoms with E-state index in [-0.39, 0.29) is 29.0 Å². The molecular formula is C23H18N2O4S. The molecule has 1 aliphatic rings. The van der Waals surface area contributed by atoms with Gasteiger partial charge in [0.1, 0.15) is 0 Å². The minimum atomic E-state index is -0.382. The Bertz CT molecular complexity index is 1140. The molecule has 150 valence electrons. The van der Waals surface area contributed by atoms with Crippen molar-refractivity contribution in [1.82, 2.24) is 4.90 Å². The molecule has 0 radical (unpaired) electrons. The SMILES string of the molecule is Cc1cc(SCc2cccc(CN3C(=O)c4ccccc4C3=O)c2)ccc1[N+](=O)[O-]. The molecule has 0 fully saturated rings. The summed E-state index contributed by atoms with van der Waals surface area (Å²) in [5.74, 6) is 0.140. The number of hydrogen-bond donors (Lipinski definition) is 0. The lowest BCUT2D eigenvalue weighted by Crippen LogP contribution is -2.29. The fourth-order valence-corrected chi connectivity index (χ4v) is 4.41. The Kier molecular flexibility index (Phi) is 5.37. The summed E-state index contributed by atoms with van der Waals surface area (Å²) in [7, 11) is 0. The minimum absolute atomic E-state index is 0.113. The van der Waals surface area contributed by atoms with Crippen LogP contribution < -0.4 is 0 Å². The molecule has 3 aromatic rings. The van der Waals surface area contributed by atoms with Gasteiger partial charge in [-0.25, -0.2) is 0 Å². The monoisotopic (exact) mass is 418 g/mol. The van der Waals surface area contributed by atoms with Crippen molar-refractivity contribution in [3.05, 3.63) is 105 Å². The number of fused-ring (bicyclic) bond motifs is 1. The Labute approximate surface area is 177 Å². The van der Waals surface area contributed by atoms with E-state index in [2.05, 4.69) is 0 Å². The van der Waals surface area contributed by atoms with Crippen LogP contribution in [0.25, 0.3) is 0 Å². The molecule has 0 N–H and O–H groups in total. The van der Waals surface area contributed by atoms with Gasteiger partial charge >= 0.3 is 0 Å². The van der Waals surface area contributed by atoms with Gasteiger partial charge in [0.15, 0.2) is 0 Å². The zero-order chi connectivity index (χ0) is 21.3. The van der Waals surface area contributed by atoms with Crippen molar-refractivity contribution in [2.45, 2.75) is 24.1 Å². The number of amides is 2. The number of carbonyl (C=O) groups excluding carboxylic acids is 2. The van der Waals surface area contributed by atoms with E-state index in [1.54, 1.807) is 49.0 Å². The molecule has 0 atom stereocenters. The number of hydrogen-bond acceptors (Lipinski definition) is 5. The fraction of sp³-hybridized carbons (Fsp3) is 0.130. The summed E-state index contributed by atoms with van der Waals surface area (Å²) in [6, 6.07) is 19.7. The summed E-state index contributed by atoms with van der Waals surface area (Å²) in [5, 5.41) is 11.0. The second-order valence-electron chi connectivity index (χ2n) is 7.06. The van der Waals surface area contributed by atoms with Crippen molar-refractivity contribution in [2.75, 3.05) is 0 Å². The number of rotatable bonds is 6. The minimum Gasteiger partial charge on any atom is -0.270 e. The first-order chi connectivity index (χ1) is 14.4. The smallest absolute Gasteiger partial charge is 0.270 e. The van der Waals surface area contributed by atoms with Crippen molar-refractivity contribution in [2.24, 2.45) is 0 Å². The van der Waals surface area contributed by atoms with Gasteiger partial charge in [-0.05, 0) is 42.3 Å². The third-order valence-corrected chi connectivity index (χ3v) is 6.05. The first-order valence-electron chi connectivity index (χ1n) is 9.35. The van der Waals surface area contributed by atoms with E-state index in [9.17, 15) is 19.7 Å². The largest absolute Gasteiger partial charge is 0.272 e. The number of imide groups is 1. The molecule has 0 saturated carbocycles. The highest BCUT2D eigenvalue weighted by molar-refractivity contribution is 7.98. The second-order valence-corrected chi connectivity index (χ2v) is 8.10. The molecular weight excluding hydrogens is 400 g/mol. The zero-order valence-corrected chi connectivity index (χ0v) is 17.0. The van der Waals surface area contributed by atoms with Crippen LogP contribution in [-0.2, 0) is 12.3 Å². The van der Waals surface area contributed by atoms with Gasteiger partial charge in [-0.15, -0.1) is 11.8 Å². The predicted octanol–water partition coefficient (Wildman–Crippen LogP) is 4.99. The van der Waals surface area contributed by atoms with Crippen LogP contribution in [-0.4, -0.2) is 21.6 Å². The number of aryl methyl sites for hydroxylation is 1. The highest BCUT2D eigenvalue weighted by Gasteiger charge is 2.34. The summed E-state index contributed by atoms with van der Waals surface area (Å²) in [6.07, 6.45) is 0. The standard InChI is InChI=1S/C23H18N2O4S/c1-15-11-18(9-10-21(15)25(28)29)30-14-17-6-4-5-16(12-17)13-24-22(26)19-7-2-3-8-20(19)23(24)27/h2-12H,13-14H2,1H3. The molecule has 6 nitrogen and oxygen atoms in total. The molecule has 0 aromatic heterocycles. The van der Waals surface area contributed by atoms with E-state index in [1.165, 1.54) is 11.0 Å². The lowest BCUT2D eigenvalue weighted by Gasteiger charge is -2.14. The van der Waals surface area contributed by atoms with E-state index in [1.807, 2.05) is 30.3 Å². The summed E-state index contributed by atoms with van der Waals surface area (Å²) in [5.41, 5.74) is 3.56. The van der Waals surface area contributed by atoms with Crippen molar-refractivity contribution in [1.29, 1.82) is 0 Å². The summed E-state index contributed by atoms with van der Waals surface area (Å²) in [6.45, 7) is 1.95. The van der Waals surface area contributed by atoms with E-state index in [0.29, 0.717) is 22.4 Å². The maximum atomic E-state index is 12.6. The molecule has 0 unspecified atom stereocenters. The molecule has 1 aliphatic heterocycles. The summed E-state index contributed by atoms with van der Waals surface area (Å²) in [4.78, 5) is 37.9. The number of nitro groups is 1. The maximum Gasteiger partial charge on any atom is 0.272 e. The van der Waals surface area contributed by atoms with Crippen LogP contribution >= 0.6 is 11.8 Å². The number of benzene rings is 3. The number of nitro benzene ring substituents is 1. The third-order valence-electron chi connectivity index (χ3n) is 4.98. The highest BCUT2D eigenvalue weighted by Crippen LogP contribution is 2.29. The van der Waals surface area contributed by atoms with E-state index in [0.717, 1.165) is 16.0 Å². The van der Waals surface area contributed by atoms with E-state index < -0.39 is 0 Å². The normalized spacial score (nSPS) is 12.9. The Hall–Kier alpha value is -3.45. The van der Waals surface area contributed by atoms with Crippen LogP contribution in [0.15, 0.2) is 71.6 Å². The number of nitrogens with zero attached hydrogens (tertiary/aromatic N) is 2. The average molecular weight is 418 g/mol. The van der Waals surface area contributed by atoms with Gasteiger partial charge in [0.2, 0.25) is 0 Å². The molecule has 1 heterocycles. The first kappa shape index (κ1) is 19.8. The topological polar surface area (TPSA) is 80.5 Å². The summed E-state index contributed by atoms with van der Waals surface area (Å²) >= 11 is 1.58. The lowest BCUT2D eigenvalue weighted by atomic mass is 10.1. The molecule has 4 rings (SSSR count). The van der Waals surface area contributed by atoms with Gasteiger partial charge in [0.05, 0.1) is 22.6 Å². The fourth-order valence-electron chi connectivity index (χ4n) is 3.47. The summed E-state index contributed by atoms with van der Waals surface area (Å²) < 4.78 is 0. The van der Waals surface area contributed by atoms with Gasteiger partial charge < -0.3 is 0 Å². The maximum absolute atomic E-state index is 12.6. The third kappa shape index (κ3) is 3.84. The zero-order valence-electron chi connectivity index (χ0n) is 16.2. The molecule has 3 aromatic carbocycles. The Morgan fingerprint density at radius 3 is 2.20 bits per heavy atom. The Morgan fingerprint density at radius 2 is 1.57 bits per heavy atom. The quantitative estimate of drug-likeness (QED) is 0.244. The van der Waals surface area contributed by atoms with Crippen molar-refractivity contribution < 1.29 is 14.5 Å². The van der Waals surface area contributed by atoms with Gasteiger partial charge in [0, 0.05) is 22.3 Å². The van der Waals surface area contributed by atoms with Gasteiger partial charge in [-0.3, -0.25) is 24.6 Å². The molecule has 0 bridgehead atoms. The molecule has 0 spiro atoms. The number of carbonyl (C=O) groups is 2. The number of thioether (sulfide) groups is 1. The van der Waals surface area contributed by atoms with Crippen LogP contribution in [0.4, 0.5) is 5.69 Å². The van der Waals surface area contributed by atoms with Gasteiger partial charge in [-0.1, -0.05) is 36.4 Å². The van der Waals surface area contributed by atoms with Crippen LogP contribution in [0.1, 0.15) is 37.4 Å². The Balaban J connectivity index is 1.45. The van der Waals surface area contributed by atoms with Crippen molar-refractivity contribution in [3.8, 4) is 0 Å². The molecule has 2 amide bonds. The van der Waals surface area contributed by atoms with Gasteiger partial charge in [0.25, 0.3) is 17.5 Å². The molecule has 0 aliphatic carbocycles. The van der Waals surface area contributed by atoms with Crippen LogP contribution in [0.3, 0.4) is 0 Å². The second kappa shape index (κ2) is 8.12. The van der Waals surface area contributed by atoms with Crippen molar-refractivity contribution >= 4 is 29.3 Å². The predicted molar refractivity (Wildman–Crippen MR) is 114 cm³/mol. The van der Waals surface area contributed by atoms with Crippen LogP contribution in [0.5, 0.6) is 0 Å². The van der Waals surface area contributed by atoms with Gasteiger partial charge in [-0.2, -0.15) is 0 Å². The first-order valence-corrected chi connectivity index (χ1v) is 10.3. The average Bonchev–Trinajstić information content (AvgIpc) is 2.97. The van der Waals surface area contributed by atoms with Crippen LogP contribution in [0.2, 0.25) is 0 Å². The molecule has 7 heteroatoms. The van der Waals surface area contributed by atoms with E-state index in [4.69, 9.17) is 0 Å². The molecule has 0 saturated heterocycles. The van der Waals surface area contributed by atoms with Crippen molar-refractivity contribution in [3.63, 3.8) is 0 Å². The van der Waals surface area contributed by atoms with E-state index >= 15 is 0 Å². The molecule has 30 heavy (non-hydrogen) atoms. The lowest BCUT2D eigenvalue weighted by molar-refractivity contribution is -0.385.